The van der Waals surface area contributed by atoms with E-state index in [0.29, 0.717) is 30.3 Å². The van der Waals surface area contributed by atoms with Gasteiger partial charge in [-0.05, 0) is 0 Å². The van der Waals surface area contributed by atoms with Gasteiger partial charge in [0.05, 0.1) is 0 Å². The molecule has 0 fully saturated rings. The molecule has 194 valence electrons. The zero-order valence-corrected chi connectivity index (χ0v) is 22.5. The Labute approximate surface area is 206 Å². The molecule has 8 N–H and O–H groups in total. The number of phenolic OH excluding ortho intramolecular Hbond substituents is 2. The number of aromatic hydroxyl groups is 2. The van der Waals surface area contributed by atoms with Gasteiger partial charge >= 0.3 is 207 Å². The van der Waals surface area contributed by atoms with Crippen LogP contribution in [0.15, 0.2) is 56.4 Å². The number of hydrogen-bond acceptors (Lipinski definition) is 10. The van der Waals surface area contributed by atoms with Gasteiger partial charge in [0, 0.05) is 0 Å². The van der Waals surface area contributed by atoms with Gasteiger partial charge in [-0.25, -0.2) is 0 Å². The summed E-state index contributed by atoms with van der Waals surface area (Å²) in [5.74, 6) is -2.18. The van der Waals surface area contributed by atoms with E-state index >= 15 is 0 Å². The van der Waals surface area contributed by atoms with Crippen LogP contribution in [0.2, 0.25) is 0 Å². The second kappa shape index (κ2) is 9.11. The third-order valence-electron chi connectivity index (χ3n) is 4.55. The van der Waals surface area contributed by atoms with E-state index in [9.17, 15) is 60.0 Å². The molecule has 0 atom stereocenters. The zero-order chi connectivity index (χ0) is 27.4. The number of hydrogen-bond donors (Lipinski definition) is 8. The summed E-state index contributed by atoms with van der Waals surface area (Å²) >= 11 is -11.4. The summed E-state index contributed by atoms with van der Waals surface area (Å²) in [4.78, 5) is -2.10. The van der Waals surface area contributed by atoms with Gasteiger partial charge in [0.15, 0.2) is 0 Å². The number of nitrogens with zero attached hydrogens (tertiary/aromatic N) is 2. The van der Waals surface area contributed by atoms with Crippen LogP contribution in [-0.2, 0) is 27.7 Å². The Morgan fingerprint density at radius 2 is 1.36 bits per heavy atom. The van der Waals surface area contributed by atoms with E-state index in [4.69, 9.17) is 0 Å². The van der Waals surface area contributed by atoms with Crippen LogP contribution < -0.4 is 8.70 Å². The molecule has 0 radical (unpaired) electrons. The fraction of sp³-hybridized carbons (Fsp3) is 0. The number of azo groups is 1. The fourth-order valence-electron chi connectivity index (χ4n) is 3.00. The van der Waals surface area contributed by atoms with Crippen molar-refractivity contribution < 1.29 is 60.0 Å². The molecule has 16 nitrogen and oxygen atoms in total. The number of phenols is 2. The van der Waals surface area contributed by atoms with Crippen molar-refractivity contribution in [1.29, 1.82) is 0 Å². The van der Waals surface area contributed by atoms with E-state index in [-0.39, 0.29) is 0 Å². The molecule has 0 spiro atoms. The molecular weight excluding hydrogens is 658 g/mol. The van der Waals surface area contributed by atoms with Gasteiger partial charge < -0.3 is 0 Å². The second-order valence-electron chi connectivity index (χ2n) is 7.02. The van der Waals surface area contributed by atoms with Crippen LogP contribution in [0.4, 0.5) is 11.4 Å². The monoisotopic (exact) mass is 672 g/mol. The molecule has 0 aliphatic heterocycles. The molecule has 3 aromatic carbocycles. The quantitative estimate of drug-likeness (QED) is 0.0822. The standard InChI is InChI=1S/C16H14As2N2O14S2/c21-12-6-9(35(29,30)31)3-7-4-13(36(32,33)34)15(16(22)14(7)12)20-19-11-5-8(17(23,24)25)1-2-10(11)18(26,27)28/h1-6,21-22H,(H2,23,24,25)(H2,26,27,28)(H,29,30,31)(H,32,33,34). The second-order valence-corrected chi connectivity index (χ2v) is 16.5. The minimum absolute atomic E-state index is 0.503. The van der Waals surface area contributed by atoms with Crippen molar-refractivity contribution in [2.24, 2.45) is 10.2 Å². The first-order valence-electron chi connectivity index (χ1n) is 8.87. The maximum atomic E-state index is 11.9. The molecule has 0 amide bonds. The molecular formula is C16H14As2N2O14S2. The summed E-state index contributed by atoms with van der Waals surface area (Å²) in [6.45, 7) is 0. The Kier molecular flexibility index (Phi) is 7.10. The van der Waals surface area contributed by atoms with Crippen molar-refractivity contribution in [3.05, 3.63) is 36.4 Å². The molecule has 0 aliphatic rings. The summed E-state index contributed by atoms with van der Waals surface area (Å²) in [5.41, 5.74) is -1.90. The molecule has 20 heteroatoms. The van der Waals surface area contributed by atoms with Crippen LogP contribution in [0.25, 0.3) is 10.8 Å². The van der Waals surface area contributed by atoms with Gasteiger partial charge in [-0.1, -0.05) is 0 Å². The number of rotatable bonds is 6. The van der Waals surface area contributed by atoms with Crippen molar-refractivity contribution >= 4 is 79.4 Å². The van der Waals surface area contributed by atoms with Crippen LogP contribution in [0.3, 0.4) is 0 Å². The first-order chi connectivity index (χ1) is 16.2. The molecule has 3 rings (SSSR count). The molecule has 0 saturated heterocycles. The number of benzene rings is 3. The average Bonchev–Trinajstić information content (AvgIpc) is 2.69. The van der Waals surface area contributed by atoms with Crippen molar-refractivity contribution in [3.8, 4) is 11.5 Å². The third-order valence-corrected chi connectivity index (χ3v) is 10.3. The number of fused-ring (bicyclic) bond motifs is 1. The average molecular weight is 672 g/mol. The predicted molar refractivity (Wildman–Crippen MR) is 119 cm³/mol. The first-order valence-corrected chi connectivity index (χ1v) is 18.5. The van der Waals surface area contributed by atoms with Crippen LogP contribution in [0, 0.1) is 0 Å². The summed E-state index contributed by atoms with van der Waals surface area (Å²) in [5, 5.41) is 26.4. The molecule has 0 bridgehead atoms. The van der Waals surface area contributed by atoms with E-state index in [1.54, 1.807) is 0 Å². The van der Waals surface area contributed by atoms with Crippen molar-refractivity contribution in [2.75, 3.05) is 0 Å². The zero-order valence-electron chi connectivity index (χ0n) is 17.1. The topological polar surface area (TPSA) is 289 Å². The molecule has 3 aromatic rings. The molecule has 36 heavy (non-hydrogen) atoms. The normalized spacial score (nSPS) is 13.5. The Balaban J connectivity index is 2.39. The SMILES string of the molecule is O=S(=O)(O)c1cc(O)c2c(O)c(N=Nc3cc([As](=O)(O)O)ccc3[As](=O)(O)O)c(S(=O)(=O)O)cc2c1. The molecule has 0 aromatic heterocycles. The van der Waals surface area contributed by atoms with Gasteiger partial charge in [0.1, 0.15) is 0 Å². The Morgan fingerprint density at radius 3 is 1.86 bits per heavy atom. The van der Waals surface area contributed by atoms with Gasteiger partial charge in [0.2, 0.25) is 0 Å². The van der Waals surface area contributed by atoms with E-state index in [0.717, 1.165) is 6.07 Å². The van der Waals surface area contributed by atoms with Crippen molar-refractivity contribution in [1.82, 2.24) is 0 Å². The molecule has 0 saturated carbocycles. The molecule has 0 heterocycles. The summed E-state index contributed by atoms with van der Waals surface area (Å²) in [6, 6.07) is 3.72. The van der Waals surface area contributed by atoms with Gasteiger partial charge in [-0.2, -0.15) is 0 Å². The van der Waals surface area contributed by atoms with Gasteiger partial charge in [-0.15, -0.1) is 0 Å². The predicted octanol–water partition coefficient (Wildman–Crippen LogP) is -1.72. The maximum absolute atomic E-state index is 11.9. The summed E-state index contributed by atoms with van der Waals surface area (Å²) in [7, 11) is -10.2. The van der Waals surface area contributed by atoms with Crippen molar-refractivity contribution in [2.45, 2.75) is 9.79 Å². The van der Waals surface area contributed by atoms with Crippen LogP contribution >= 0.6 is 0 Å². The van der Waals surface area contributed by atoms with E-state index in [1.165, 1.54) is 0 Å². The van der Waals surface area contributed by atoms with E-state index in [2.05, 4.69) is 10.2 Å². The van der Waals surface area contributed by atoms with Gasteiger partial charge in [-0.3, -0.25) is 0 Å². The first kappa shape index (κ1) is 28.1. The van der Waals surface area contributed by atoms with E-state index in [1.807, 2.05) is 0 Å². The molecule has 0 unspecified atom stereocenters. The molecule has 0 aliphatic carbocycles. The van der Waals surface area contributed by atoms with Crippen LogP contribution in [0.5, 0.6) is 11.5 Å². The fourth-order valence-corrected chi connectivity index (χ4v) is 6.79. The Morgan fingerprint density at radius 1 is 0.750 bits per heavy atom. The third kappa shape index (κ3) is 5.73. The summed E-state index contributed by atoms with van der Waals surface area (Å²) < 4.78 is 125. The Bertz CT molecular complexity index is 1760. The van der Waals surface area contributed by atoms with Crippen LogP contribution in [-0.4, -0.2) is 80.9 Å². The Hall–Kier alpha value is -2.50. The minimum atomic E-state index is -5.81. The summed E-state index contributed by atoms with van der Waals surface area (Å²) in [6.07, 6.45) is 0. The van der Waals surface area contributed by atoms with Gasteiger partial charge in [0.25, 0.3) is 0 Å². The van der Waals surface area contributed by atoms with E-state index < -0.39 is 101 Å². The van der Waals surface area contributed by atoms with Crippen molar-refractivity contribution in [3.63, 3.8) is 0 Å². The van der Waals surface area contributed by atoms with Crippen LogP contribution in [0.1, 0.15) is 0 Å².